The van der Waals surface area contributed by atoms with Gasteiger partial charge in [-0.1, -0.05) is 19.8 Å². The summed E-state index contributed by atoms with van der Waals surface area (Å²) in [6, 6.07) is 5.45. The standard InChI is InChI=1S/C24H27FN2O4/c1-6-24(4,5)27-22(31)20-10-15(7-8-26-20)9-17(29)11-16-12-21(30)18(13-19(16)25)23(2,3)14-28/h1,7-8,10,12-13,28,30H,9,11,14H2,2-5H3,(H,27,31). The number of hydrogen-bond acceptors (Lipinski definition) is 5. The minimum Gasteiger partial charge on any atom is -0.508 e. The highest BCUT2D eigenvalue weighted by Gasteiger charge is 2.25. The van der Waals surface area contributed by atoms with Crippen LogP contribution in [0.3, 0.4) is 0 Å². The van der Waals surface area contributed by atoms with Crippen LogP contribution < -0.4 is 5.32 Å². The summed E-state index contributed by atoms with van der Waals surface area (Å²) in [5, 5.41) is 22.3. The van der Waals surface area contributed by atoms with E-state index in [0.717, 1.165) is 6.07 Å². The molecule has 1 aromatic heterocycles. The monoisotopic (exact) mass is 426 g/mol. The first-order valence-electron chi connectivity index (χ1n) is 9.78. The highest BCUT2D eigenvalue weighted by molar-refractivity contribution is 5.93. The molecule has 0 atom stereocenters. The molecule has 1 amide bonds. The Kier molecular flexibility index (Phi) is 7.19. The van der Waals surface area contributed by atoms with Crippen molar-refractivity contribution >= 4 is 11.7 Å². The van der Waals surface area contributed by atoms with Crippen LogP contribution in [0, 0.1) is 18.2 Å². The fraction of sp³-hybridized carbons (Fsp3) is 0.375. The number of ketones is 1. The molecule has 0 radical (unpaired) electrons. The molecule has 0 bridgehead atoms. The smallest absolute Gasteiger partial charge is 0.271 e. The number of phenols is 1. The lowest BCUT2D eigenvalue weighted by atomic mass is 9.84. The molecule has 0 saturated heterocycles. The van der Waals surface area contributed by atoms with Crippen molar-refractivity contribution in [2.24, 2.45) is 0 Å². The summed E-state index contributed by atoms with van der Waals surface area (Å²) < 4.78 is 14.5. The van der Waals surface area contributed by atoms with Crippen LogP contribution in [0.2, 0.25) is 0 Å². The van der Waals surface area contributed by atoms with Gasteiger partial charge in [0.2, 0.25) is 0 Å². The van der Waals surface area contributed by atoms with Crippen LogP contribution in [-0.2, 0) is 23.1 Å². The van der Waals surface area contributed by atoms with Gasteiger partial charge in [0, 0.05) is 30.0 Å². The lowest BCUT2D eigenvalue weighted by Crippen LogP contribution is -2.42. The van der Waals surface area contributed by atoms with Crippen LogP contribution in [-0.4, -0.2) is 39.0 Å². The second-order valence-electron chi connectivity index (χ2n) is 8.67. The number of hydrogen-bond donors (Lipinski definition) is 3. The van der Waals surface area contributed by atoms with E-state index in [1.165, 1.54) is 18.3 Å². The number of terminal acetylenes is 1. The van der Waals surface area contributed by atoms with E-state index < -0.39 is 22.7 Å². The van der Waals surface area contributed by atoms with Crippen LogP contribution in [0.5, 0.6) is 5.75 Å². The van der Waals surface area contributed by atoms with Crippen molar-refractivity contribution in [3.05, 3.63) is 58.7 Å². The summed E-state index contributed by atoms with van der Waals surface area (Å²) in [7, 11) is 0. The summed E-state index contributed by atoms with van der Waals surface area (Å²) in [4.78, 5) is 28.8. The number of carbonyl (C=O) groups excluding carboxylic acids is 2. The van der Waals surface area contributed by atoms with Gasteiger partial charge >= 0.3 is 0 Å². The number of amides is 1. The SMILES string of the molecule is C#CC(C)(C)NC(=O)c1cc(CC(=O)Cc2cc(O)c(C(C)(C)CO)cc2F)ccn1. The lowest BCUT2D eigenvalue weighted by molar-refractivity contribution is -0.117. The Morgan fingerprint density at radius 1 is 1.19 bits per heavy atom. The molecule has 0 spiro atoms. The van der Waals surface area contributed by atoms with Crippen LogP contribution in [0.25, 0.3) is 0 Å². The van der Waals surface area contributed by atoms with Gasteiger partial charge in [-0.25, -0.2) is 4.39 Å². The van der Waals surface area contributed by atoms with E-state index in [0.29, 0.717) is 5.56 Å². The number of carbonyl (C=O) groups is 2. The van der Waals surface area contributed by atoms with Crippen molar-refractivity contribution < 1.29 is 24.2 Å². The van der Waals surface area contributed by atoms with E-state index in [-0.39, 0.29) is 47.8 Å². The molecule has 0 saturated carbocycles. The van der Waals surface area contributed by atoms with E-state index >= 15 is 0 Å². The number of pyridine rings is 1. The van der Waals surface area contributed by atoms with E-state index in [1.807, 2.05) is 0 Å². The van der Waals surface area contributed by atoms with Gasteiger partial charge in [-0.3, -0.25) is 14.6 Å². The number of aromatic hydroxyl groups is 1. The zero-order chi connectivity index (χ0) is 23.4. The maximum Gasteiger partial charge on any atom is 0.271 e. The predicted octanol–water partition coefficient (Wildman–Crippen LogP) is 2.69. The van der Waals surface area contributed by atoms with Crippen LogP contribution in [0.4, 0.5) is 4.39 Å². The highest BCUT2D eigenvalue weighted by Crippen LogP contribution is 2.33. The molecular formula is C24H27FN2O4. The minimum atomic E-state index is -0.846. The third kappa shape index (κ3) is 6.12. The van der Waals surface area contributed by atoms with Crippen molar-refractivity contribution in [1.29, 1.82) is 0 Å². The Labute approximate surface area is 181 Å². The number of Topliss-reactive ketones (excluding diaryl/α,β-unsaturated/α-hetero) is 1. The van der Waals surface area contributed by atoms with Gasteiger partial charge < -0.3 is 15.5 Å². The van der Waals surface area contributed by atoms with Crippen LogP contribution in [0.1, 0.15) is 54.9 Å². The summed E-state index contributed by atoms with van der Waals surface area (Å²) in [5.41, 5.74) is -0.679. The van der Waals surface area contributed by atoms with Crippen LogP contribution in [0.15, 0.2) is 30.5 Å². The number of halogens is 1. The van der Waals surface area contributed by atoms with E-state index in [2.05, 4.69) is 16.2 Å². The van der Waals surface area contributed by atoms with Gasteiger partial charge in [0.05, 0.1) is 12.1 Å². The molecule has 0 unspecified atom stereocenters. The molecule has 2 aromatic rings. The molecule has 0 aliphatic rings. The third-order valence-electron chi connectivity index (χ3n) is 4.92. The molecule has 0 aliphatic carbocycles. The zero-order valence-corrected chi connectivity index (χ0v) is 18.1. The number of phenolic OH excluding ortho intramolecular Hbond substituents is 1. The van der Waals surface area contributed by atoms with Crippen molar-refractivity contribution in [2.75, 3.05) is 6.61 Å². The molecule has 3 N–H and O–H groups in total. The molecule has 31 heavy (non-hydrogen) atoms. The van der Waals surface area contributed by atoms with Gasteiger partial charge in [0.15, 0.2) is 0 Å². The zero-order valence-electron chi connectivity index (χ0n) is 18.1. The van der Waals surface area contributed by atoms with Crippen molar-refractivity contribution in [3.8, 4) is 18.1 Å². The molecule has 7 heteroatoms. The first-order chi connectivity index (χ1) is 14.4. The highest BCUT2D eigenvalue weighted by atomic mass is 19.1. The van der Waals surface area contributed by atoms with Gasteiger partial charge in [0.1, 0.15) is 23.0 Å². The molecule has 0 aliphatic heterocycles. The number of rotatable bonds is 8. The summed E-state index contributed by atoms with van der Waals surface area (Å²) >= 11 is 0. The number of aliphatic hydroxyl groups is 1. The summed E-state index contributed by atoms with van der Waals surface area (Å²) in [6.45, 7) is 6.43. The van der Waals surface area contributed by atoms with Crippen molar-refractivity contribution in [2.45, 2.75) is 51.5 Å². The van der Waals surface area contributed by atoms with Gasteiger partial charge in [-0.05, 0) is 49.2 Å². The van der Waals surface area contributed by atoms with Gasteiger partial charge in [-0.15, -0.1) is 6.42 Å². The second-order valence-corrected chi connectivity index (χ2v) is 8.67. The summed E-state index contributed by atoms with van der Waals surface area (Å²) in [5.74, 6) is 0.890. The Balaban J connectivity index is 2.14. The van der Waals surface area contributed by atoms with Gasteiger partial charge in [-0.2, -0.15) is 0 Å². The lowest BCUT2D eigenvalue weighted by Gasteiger charge is -2.24. The molecule has 1 aromatic carbocycles. The number of nitrogens with one attached hydrogen (secondary N) is 1. The Hall–Kier alpha value is -3.24. The second kappa shape index (κ2) is 9.27. The number of benzene rings is 1. The van der Waals surface area contributed by atoms with Crippen molar-refractivity contribution in [1.82, 2.24) is 10.3 Å². The first-order valence-corrected chi connectivity index (χ1v) is 9.78. The van der Waals surface area contributed by atoms with E-state index in [1.54, 1.807) is 33.8 Å². The molecule has 164 valence electrons. The topological polar surface area (TPSA) is 99.5 Å². The van der Waals surface area contributed by atoms with Crippen molar-refractivity contribution in [3.63, 3.8) is 0 Å². The average molecular weight is 426 g/mol. The molecule has 2 rings (SSSR count). The van der Waals surface area contributed by atoms with Gasteiger partial charge in [0.25, 0.3) is 5.91 Å². The fourth-order valence-electron chi connectivity index (χ4n) is 2.96. The predicted molar refractivity (Wildman–Crippen MR) is 115 cm³/mol. The normalized spacial score (nSPS) is 11.6. The Morgan fingerprint density at radius 2 is 1.87 bits per heavy atom. The van der Waals surface area contributed by atoms with E-state index in [9.17, 15) is 24.2 Å². The summed E-state index contributed by atoms with van der Waals surface area (Å²) in [6.07, 6.45) is 6.52. The first kappa shape index (κ1) is 24.0. The fourth-order valence-corrected chi connectivity index (χ4v) is 2.96. The quantitative estimate of drug-likeness (QED) is 0.564. The number of aromatic nitrogens is 1. The Bertz CT molecular complexity index is 1040. The largest absolute Gasteiger partial charge is 0.508 e. The molecule has 6 nitrogen and oxygen atoms in total. The van der Waals surface area contributed by atoms with Crippen LogP contribution >= 0.6 is 0 Å². The Morgan fingerprint density at radius 3 is 2.48 bits per heavy atom. The van der Waals surface area contributed by atoms with E-state index in [4.69, 9.17) is 6.42 Å². The maximum atomic E-state index is 14.5. The molecule has 1 heterocycles. The molecular weight excluding hydrogens is 399 g/mol. The molecule has 0 fully saturated rings. The third-order valence-corrected chi connectivity index (χ3v) is 4.92. The number of nitrogens with zero attached hydrogens (tertiary/aromatic N) is 1. The number of aliphatic hydroxyl groups excluding tert-OH is 1. The maximum absolute atomic E-state index is 14.5. The minimum absolute atomic E-state index is 0.0363. The average Bonchev–Trinajstić information content (AvgIpc) is 2.70.